The average Bonchev–Trinajstić information content (AvgIpc) is 2.45. The van der Waals surface area contributed by atoms with E-state index in [1.807, 2.05) is 31.3 Å². The van der Waals surface area contributed by atoms with Crippen molar-refractivity contribution in [3.63, 3.8) is 0 Å². The van der Waals surface area contributed by atoms with E-state index in [0.717, 1.165) is 11.1 Å². The Kier molecular flexibility index (Phi) is 4.64. The van der Waals surface area contributed by atoms with Crippen LogP contribution in [0.4, 0.5) is 0 Å². The van der Waals surface area contributed by atoms with Crippen molar-refractivity contribution in [2.24, 2.45) is 0 Å². The topological polar surface area (TPSA) is 34.2 Å². The van der Waals surface area contributed by atoms with Crippen molar-refractivity contribution in [3.8, 4) is 5.88 Å². The lowest BCUT2D eigenvalue weighted by Gasteiger charge is -2.20. The number of aromatic nitrogens is 1. The standard InChI is InChI=1S/C14H14Cl2N2O/c1-17-13(9-5-3-7-11(15)12(9)16)10-6-4-8-18-14(10)19-2/h3-8,13,17H,1-2H3. The van der Waals surface area contributed by atoms with Crippen molar-refractivity contribution in [1.29, 1.82) is 0 Å². The number of nitrogens with zero attached hydrogens (tertiary/aromatic N) is 1. The van der Waals surface area contributed by atoms with Crippen LogP contribution in [0.5, 0.6) is 5.88 Å². The Balaban J connectivity index is 2.53. The number of hydrogen-bond donors (Lipinski definition) is 1. The smallest absolute Gasteiger partial charge is 0.218 e. The van der Waals surface area contributed by atoms with Crippen LogP contribution in [-0.4, -0.2) is 19.1 Å². The first-order valence-electron chi connectivity index (χ1n) is 5.79. The fourth-order valence-electron chi connectivity index (χ4n) is 2.02. The lowest BCUT2D eigenvalue weighted by Crippen LogP contribution is -2.19. The molecule has 1 N–H and O–H groups in total. The summed E-state index contributed by atoms with van der Waals surface area (Å²) < 4.78 is 5.29. The molecule has 0 bridgehead atoms. The molecule has 0 saturated carbocycles. The van der Waals surface area contributed by atoms with Crippen molar-refractivity contribution < 1.29 is 4.74 Å². The summed E-state index contributed by atoms with van der Waals surface area (Å²) in [6.07, 6.45) is 1.69. The highest BCUT2D eigenvalue weighted by Crippen LogP contribution is 2.35. The zero-order chi connectivity index (χ0) is 13.8. The predicted octanol–water partition coefficient (Wildman–Crippen LogP) is 3.71. The molecule has 0 amide bonds. The van der Waals surface area contributed by atoms with Gasteiger partial charge in [0.05, 0.1) is 23.2 Å². The summed E-state index contributed by atoms with van der Waals surface area (Å²) in [6.45, 7) is 0. The number of rotatable bonds is 4. The Morgan fingerprint density at radius 3 is 2.58 bits per heavy atom. The molecule has 1 aromatic carbocycles. The van der Waals surface area contributed by atoms with E-state index >= 15 is 0 Å². The molecule has 2 rings (SSSR count). The third-order valence-corrected chi connectivity index (χ3v) is 3.72. The molecule has 0 saturated heterocycles. The Labute approximate surface area is 122 Å². The Hall–Kier alpha value is -1.29. The fourth-order valence-corrected chi connectivity index (χ4v) is 2.43. The van der Waals surface area contributed by atoms with Gasteiger partial charge in [-0.15, -0.1) is 0 Å². The highest BCUT2D eigenvalue weighted by Gasteiger charge is 2.20. The maximum Gasteiger partial charge on any atom is 0.218 e. The van der Waals surface area contributed by atoms with E-state index in [9.17, 15) is 0 Å². The number of methoxy groups -OCH3 is 1. The van der Waals surface area contributed by atoms with Crippen molar-refractivity contribution in [3.05, 3.63) is 57.7 Å². The molecule has 1 heterocycles. The van der Waals surface area contributed by atoms with Crippen LogP contribution < -0.4 is 10.1 Å². The van der Waals surface area contributed by atoms with Crippen LogP contribution in [0, 0.1) is 0 Å². The minimum atomic E-state index is -0.130. The SMILES string of the molecule is CNC(c1cccnc1OC)c1cccc(Cl)c1Cl. The highest BCUT2D eigenvalue weighted by molar-refractivity contribution is 6.42. The van der Waals surface area contributed by atoms with Crippen molar-refractivity contribution in [1.82, 2.24) is 10.3 Å². The number of benzene rings is 1. The number of ether oxygens (including phenoxy) is 1. The normalized spacial score (nSPS) is 12.2. The summed E-state index contributed by atoms with van der Waals surface area (Å²) in [5.41, 5.74) is 1.81. The molecule has 5 heteroatoms. The molecule has 100 valence electrons. The molecule has 2 aromatic rings. The Bertz CT molecular complexity index is 575. The van der Waals surface area contributed by atoms with Crippen LogP contribution in [0.25, 0.3) is 0 Å². The number of nitrogens with one attached hydrogen (secondary N) is 1. The summed E-state index contributed by atoms with van der Waals surface area (Å²) in [5.74, 6) is 0.567. The van der Waals surface area contributed by atoms with Crippen molar-refractivity contribution >= 4 is 23.2 Å². The van der Waals surface area contributed by atoms with E-state index in [4.69, 9.17) is 27.9 Å². The van der Waals surface area contributed by atoms with Gasteiger partial charge in [0.2, 0.25) is 5.88 Å². The summed E-state index contributed by atoms with van der Waals surface area (Å²) in [7, 11) is 3.45. The molecule has 3 nitrogen and oxygen atoms in total. The molecule has 0 aliphatic carbocycles. The van der Waals surface area contributed by atoms with Crippen LogP contribution in [0.15, 0.2) is 36.5 Å². The molecule has 19 heavy (non-hydrogen) atoms. The summed E-state index contributed by atoms with van der Waals surface area (Å²) in [6, 6.07) is 9.25. The van der Waals surface area contributed by atoms with E-state index in [2.05, 4.69) is 10.3 Å². The molecular weight excluding hydrogens is 283 g/mol. The number of hydrogen-bond acceptors (Lipinski definition) is 3. The molecule has 0 fully saturated rings. The minimum Gasteiger partial charge on any atom is -0.481 e. The molecule has 0 spiro atoms. The second-order valence-electron chi connectivity index (χ2n) is 3.97. The van der Waals surface area contributed by atoms with E-state index < -0.39 is 0 Å². The Morgan fingerprint density at radius 1 is 1.16 bits per heavy atom. The first-order chi connectivity index (χ1) is 9.19. The molecule has 0 aliphatic heterocycles. The van der Waals surface area contributed by atoms with Crippen LogP contribution in [-0.2, 0) is 0 Å². The highest BCUT2D eigenvalue weighted by atomic mass is 35.5. The molecule has 0 radical (unpaired) electrons. The van der Waals surface area contributed by atoms with Gasteiger partial charge in [0.1, 0.15) is 0 Å². The third-order valence-electron chi connectivity index (χ3n) is 2.89. The van der Waals surface area contributed by atoms with Gasteiger partial charge in [-0.3, -0.25) is 0 Å². The van der Waals surface area contributed by atoms with Gasteiger partial charge in [0, 0.05) is 11.8 Å². The second-order valence-corrected chi connectivity index (χ2v) is 4.75. The van der Waals surface area contributed by atoms with Gasteiger partial charge in [-0.2, -0.15) is 0 Å². The quantitative estimate of drug-likeness (QED) is 0.934. The Morgan fingerprint density at radius 2 is 1.89 bits per heavy atom. The molecule has 1 aromatic heterocycles. The minimum absolute atomic E-state index is 0.130. The van der Waals surface area contributed by atoms with Gasteiger partial charge in [0.25, 0.3) is 0 Å². The zero-order valence-electron chi connectivity index (χ0n) is 10.7. The lowest BCUT2D eigenvalue weighted by atomic mass is 10.00. The second kappa shape index (κ2) is 6.24. The first kappa shape index (κ1) is 14.1. The van der Waals surface area contributed by atoms with Gasteiger partial charge in [-0.05, 0) is 24.7 Å². The van der Waals surface area contributed by atoms with Crippen LogP contribution in [0.3, 0.4) is 0 Å². The van der Waals surface area contributed by atoms with Gasteiger partial charge in [0.15, 0.2) is 0 Å². The summed E-state index contributed by atoms with van der Waals surface area (Å²) >= 11 is 12.3. The van der Waals surface area contributed by atoms with Gasteiger partial charge in [-0.1, -0.05) is 41.4 Å². The summed E-state index contributed by atoms with van der Waals surface area (Å²) in [4.78, 5) is 4.21. The van der Waals surface area contributed by atoms with Crippen molar-refractivity contribution in [2.45, 2.75) is 6.04 Å². The summed E-state index contributed by atoms with van der Waals surface area (Å²) in [5, 5.41) is 4.28. The first-order valence-corrected chi connectivity index (χ1v) is 6.54. The van der Waals surface area contributed by atoms with E-state index in [1.54, 1.807) is 19.4 Å². The van der Waals surface area contributed by atoms with Crippen LogP contribution in [0.1, 0.15) is 17.2 Å². The fraction of sp³-hybridized carbons (Fsp3) is 0.214. The predicted molar refractivity (Wildman–Crippen MR) is 78.2 cm³/mol. The van der Waals surface area contributed by atoms with E-state index in [-0.39, 0.29) is 6.04 Å². The van der Waals surface area contributed by atoms with E-state index in [0.29, 0.717) is 15.9 Å². The van der Waals surface area contributed by atoms with Crippen LogP contribution in [0.2, 0.25) is 10.0 Å². The lowest BCUT2D eigenvalue weighted by molar-refractivity contribution is 0.388. The molecule has 1 atom stereocenters. The van der Waals surface area contributed by atoms with Gasteiger partial charge in [-0.25, -0.2) is 4.98 Å². The van der Waals surface area contributed by atoms with Crippen LogP contribution >= 0.6 is 23.2 Å². The average molecular weight is 297 g/mol. The monoisotopic (exact) mass is 296 g/mol. The molecular formula is C14H14Cl2N2O. The zero-order valence-corrected chi connectivity index (χ0v) is 12.2. The van der Waals surface area contributed by atoms with Gasteiger partial charge >= 0.3 is 0 Å². The molecule has 0 aliphatic rings. The number of halogens is 2. The third kappa shape index (κ3) is 2.84. The van der Waals surface area contributed by atoms with E-state index in [1.165, 1.54) is 0 Å². The van der Waals surface area contributed by atoms with Gasteiger partial charge < -0.3 is 10.1 Å². The maximum absolute atomic E-state index is 6.28. The van der Waals surface area contributed by atoms with Crippen molar-refractivity contribution in [2.75, 3.05) is 14.2 Å². The number of pyridine rings is 1. The maximum atomic E-state index is 6.28. The molecule has 1 unspecified atom stereocenters. The largest absolute Gasteiger partial charge is 0.481 e.